The number of Topliss-reactive ketones (excluding diaryl/α,β-unsaturated/α-hetero) is 1. The van der Waals surface area contributed by atoms with Gasteiger partial charge in [0.2, 0.25) is 0 Å². The summed E-state index contributed by atoms with van der Waals surface area (Å²) in [5.74, 6) is -0.875. The third-order valence-electron chi connectivity index (χ3n) is 2.95. The molecule has 0 saturated heterocycles. The van der Waals surface area contributed by atoms with Crippen LogP contribution in [0, 0.1) is 0 Å². The van der Waals surface area contributed by atoms with Crippen molar-refractivity contribution in [3.63, 3.8) is 0 Å². The lowest BCUT2D eigenvalue weighted by molar-refractivity contribution is 0.0600. The molecular formula is C16H14O4. The van der Waals surface area contributed by atoms with Crippen LogP contribution in [0.25, 0.3) is 0 Å². The maximum atomic E-state index is 12.1. The minimum Gasteiger partial charge on any atom is -0.465 e. The zero-order valence-electron chi connectivity index (χ0n) is 10.9. The Kier molecular flexibility index (Phi) is 4.27. The number of esters is 1. The van der Waals surface area contributed by atoms with Gasteiger partial charge in [-0.15, -0.1) is 0 Å². The Morgan fingerprint density at radius 1 is 0.950 bits per heavy atom. The van der Waals surface area contributed by atoms with Crippen molar-refractivity contribution in [3.8, 4) is 0 Å². The smallest absolute Gasteiger partial charge is 0.337 e. The van der Waals surface area contributed by atoms with E-state index in [2.05, 4.69) is 4.74 Å². The fourth-order valence-corrected chi connectivity index (χ4v) is 1.83. The second-order valence-corrected chi connectivity index (χ2v) is 4.25. The first-order chi connectivity index (χ1) is 9.63. The average molecular weight is 270 g/mol. The van der Waals surface area contributed by atoms with Gasteiger partial charge in [0.1, 0.15) is 6.10 Å². The van der Waals surface area contributed by atoms with Crippen LogP contribution in [-0.2, 0) is 4.74 Å². The van der Waals surface area contributed by atoms with Crippen molar-refractivity contribution in [2.24, 2.45) is 0 Å². The molecule has 2 aromatic rings. The van der Waals surface area contributed by atoms with Gasteiger partial charge in [0.15, 0.2) is 5.78 Å². The van der Waals surface area contributed by atoms with Crippen LogP contribution < -0.4 is 0 Å². The summed E-state index contributed by atoms with van der Waals surface area (Å²) in [6, 6.07) is 14.7. The molecule has 0 radical (unpaired) electrons. The number of ketones is 1. The normalized spacial score (nSPS) is 11.7. The number of hydrogen-bond donors (Lipinski definition) is 1. The number of carbonyl (C=O) groups excluding carboxylic acids is 2. The van der Waals surface area contributed by atoms with Gasteiger partial charge >= 0.3 is 5.97 Å². The highest BCUT2D eigenvalue weighted by atomic mass is 16.5. The van der Waals surface area contributed by atoms with Crippen molar-refractivity contribution in [2.75, 3.05) is 7.11 Å². The van der Waals surface area contributed by atoms with Crippen molar-refractivity contribution < 1.29 is 19.4 Å². The zero-order valence-corrected chi connectivity index (χ0v) is 10.9. The molecule has 0 spiro atoms. The van der Waals surface area contributed by atoms with E-state index >= 15 is 0 Å². The van der Waals surface area contributed by atoms with Gasteiger partial charge in [-0.2, -0.15) is 0 Å². The standard InChI is InChI=1S/C16H14O4/c1-20-16(19)13-9-7-12(8-10-13)15(18)14(17)11-5-3-2-4-6-11/h2-10,14,17H,1H3. The molecule has 20 heavy (non-hydrogen) atoms. The Hall–Kier alpha value is -2.46. The molecule has 0 saturated carbocycles. The first-order valence-corrected chi connectivity index (χ1v) is 6.09. The van der Waals surface area contributed by atoms with Gasteiger partial charge in [-0.1, -0.05) is 42.5 Å². The predicted octanol–water partition coefficient (Wildman–Crippen LogP) is 2.39. The highest BCUT2D eigenvalue weighted by Gasteiger charge is 2.19. The summed E-state index contributed by atoms with van der Waals surface area (Å²) in [5.41, 5.74) is 1.24. The number of aliphatic hydroxyl groups is 1. The van der Waals surface area contributed by atoms with Crippen molar-refractivity contribution >= 4 is 11.8 Å². The number of hydrogen-bond acceptors (Lipinski definition) is 4. The fourth-order valence-electron chi connectivity index (χ4n) is 1.83. The molecule has 0 aliphatic carbocycles. The SMILES string of the molecule is COC(=O)c1ccc(C(=O)C(O)c2ccccc2)cc1. The van der Waals surface area contributed by atoms with Crippen molar-refractivity contribution in [1.82, 2.24) is 0 Å². The number of carbonyl (C=O) groups is 2. The van der Waals surface area contributed by atoms with Crippen LogP contribution >= 0.6 is 0 Å². The van der Waals surface area contributed by atoms with E-state index in [1.165, 1.54) is 31.4 Å². The molecule has 4 heteroatoms. The molecule has 0 aromatic heterocycles. The molecule has 2 aromatic carbocycles. The third kappa shape index (κ3) is 2.92. The van der Waals surface area contributed by atoms with E-state index in [9.17, 15) is 14.7 Å². The van der Waals surface area contributed by atoms with Crippen molar-refractivity contribution in [2.45, 2.75) is 6.10 Å². The first kappa shape index (κ1) is 14.0. The van der Waals surface area contributed by atoms with Crippen LogP contribution in [0.15, 0.2) is 54.6 Å². The molecule has 102 valence electrons. The Labute approximate surface area is 116 Å². The lowest BCUT2D eigenvalue weighted by Crippen LogP contribution is -2.12. The van der Waals surface area contributed by atoms with Crippen LogP contribution in [0.4, 0.5) is 0 Å². The highest BCUT2D eigenvalue weighted by molar-refractivity contribution is 6.00. The van der Waals surface area contributed by atoms with E-state index in [1.54, 1.807) is 24.3 Å². The number of methoxy groups -OCH3 is 1. The van der Waals surface area contributed by atoms with Crippen LogP contribution in [0.5, 0.6) is 0 Å². The molecule has 0 fully saturated rings. The summed E-state index contributed by atoms with van der Waals surface area (Å²) in [5, 5.41) is 10.0. The van der Waals surface area contributed by atoms with Gasteiger partial charge in [0.25, 0.3) is 0 Å². The molecule has 0 heterocycles. The molecule has 0 bridgehead atoms. The molecule has 4 nitrogen and oxygen atoms in total. The summed E-state index contributed by atoms with van der Waals surface area (Å²) in [6.45, 7) is 0. The number of rotatable bonds is 4. The zero-order chi connectivity index (χ0) is 14.5. The van der Waals surface area contributed by atoms with Gasteiger partial charge in [-0.3, -0.25) is 4.79 Å². The quantitative estimate of drug-likeness (QED) is 0.684. The Morgan fingerprint density at radius 2 is 1.50 bits per heavy atom. The fraction of sp³-hybridized carbons (Fsp3) is 0.125. The van der Waals surface area contributed by atoms with Crippen LogP contribution in [0.1, 0.15) is 32.4 Å². The van der Waals surface area contributed by atoms with Gasteiger partial charge in [0.05, 0.1) is 12.7 Å². The van der Waals surface area contributed by atoms with Gasteiger partial charge in [-0.05, 0) is 17.7 Å². The van der Waals surface area contributed by atoms with E-state index in [4.69, 9.17) is 0 Å². The summed E-state index contributed by atoms with van der Waals surface area (Å²) in [6.07, 6.45) is -1.21. The minimum atomic E-state index is -1.21. The second kappa shape index (κ2) is 6.12. The number of ether oxygens (including phenoxy) is 1. The minimum absolute atomic E-state index is 0.342. The Morgan fingerprint density at radius 3 is 2.05 bits per heavy atom. The third-order valence-corrected chi connectivity index (χ3v) is 2.95. The van der Waals surface area contributed by atoms with Crippen molar-refractivity contribution in [1.29, 1.82) is 0 Å². The molecule has 0 amide bonds. The topological polar surface area (TPSA) is 63.6 Å². The maximum Gasteiger partial charge on any atom is 0.337 e. The van der Waals surface area contributed by atoms with Gasteiger partial charge in [-0.25, -0.2) is 4.79 Å². The Balaban J connectivity index is 2.19. The van der Waals surface area contributed by atoms with Gasteiger partial charge < -0.3 is 9.84 Å². The van der Waals surface area contributed by atoms with Crippen LogP contribution in [0.2, 0.25) is 0 Å². The summed E-state index contributed by atoms with van der Waals surface area (Å²) < 4.78 is 4.58. The molecule has 2 rings (SSSR count). The van der Waals surface area contributed by atoms with Crippen LogP contribution in [0.3, 0.4) is 0 Å². The molecular weight excluding hydrogens is 256 g/mol. The number of benzene rings is 2. The Bertz CT molecular complexity index is 602. The summed E-state index contributed by atoms with van der Waals surface area (Å²) in [7, 11) is 1.29. The van der Waals surface area contributed by atoms with Crippen LogP contribution in [-0.4, -0.2) is 24.0 Å². The molecule has 1 N–H and O–H groups in total. The van der Waals surface area contributed by atoms with E-state index < -0.39 is 17.9 Å². The monoisotopic (exact) mass is 270 g/mol. The molecule has 0 aliphatic heterocycles. The lowest BCUT2D eigenvalue weighted by atomic mass is 9.99. The number of aliphatic hydroxyl groups excluding tert-OH is 1. The molecule has 0 aliphatic rings. The van der Waals surface area contributed by atoms with E-state index in [1.807, 2.05) is 6.07 Å². The lowest BCUT2D eigenvalue weighted by Gasteiger charge is -2.10. The van der Waals surface area contributed by atoms with Crippen molar-refractivity contribution in [3.05, 3.63) is 71.3 Å². The maximum absolute atomic E-state index is 12.1. The van der Waals surface area contributed by atoms with Gasteiger partial charge in [0, 0.05) is 5.56 Å². The highest BCUT2D eigenvalue weighted by Crippen LogP contribution is 2.18. The van der Waals surface area contributed by atoms with E-state index in [-0.39, 0.29) is 0 Å². The largest absolute Gasteiger partial charge is 0.465 e. The molecule has 1 unspecified atom stereocenters. The second-order valence-electron chi connectivity index (χ2n) is 4.25. The molecule has 1 atom stereocenters. The average Bonchev–Trinajstić information content (AvgIpc) is 2.53. The van der Waals surface area contributed by atoms with E-state index in [0.29, 0.717) is 16.7 Å². The first-order valence-electron chi connectivity index (χ1n) is 6.09. The summed E-state index contributed by atoms with van der Waals surface area (Å²) in [4.78, 5) is 23.4. The predicted molar refractivity (Wildman–Crippen MR) is 73.5 cm³/mol. The summed E-state index contributed by atoms with van der Waals surface area (Å²) >= 11 is 0. The van der Waals surface area contributed by atoms with E-state index in [0.717, 1.165) is 0 Å².